The van der Waals surface area contributed by atoms with E-state index < -0.39 is 18.1 Å². The first kappa shape index (κ1) is 15.6. The van der Waals surface area contributed by atoms with Gasteiger partial charge < -0.3 is 19.7 Å². The molecule has 6 heteroatoms. The first-order valence-corrected chi connectivity index (χ1v) is 7.43. The third-order valence-electron chi connectivity index (χ3n) is 4.44. The zero-order valence-corrected chi connectivity index (χ0v) is 12.9. The molecule has 1 aliphatic carbocycles. The van der Waals surface area contributed by atoms with Crippen molar-refractivity contribution in [2.24, 2.45) is 5.92 Å². The lowest BCUT2D eigenvalue weighted by atomic mass is 9.80. The molecule has 122 valence electrons. The average molecular weight is 318 g/mol. The van der Waals surface area contributed by atoms with Gasteiger partial charge in [-0.15, -0.1) is 0 Å². The number of hydrogen-bond donors (Lipinski definition) is 2. The number of ether oxygens (including phenoxy) is 2. The van der Waals surface area contributed by atoms with E-state index >= 15 is 0 Å². The molecule has 3 rings (SSSR count). The molecule has 1 heterocycles. The molecule has 0 fully saturated rings. The molecule has 6 nitrogen and oxygen atoms in total. The monoisotopic (exact) mass is 318 g/mol. The van der Waals surface area contributed by atoms with Gasteiger partial charge in [0.2, 0.25) is 0 Å². The van der Waals surface area contributed by atoms with Gasteiger partial charge in [-0.3, -0.25) is 9.59 Å². The highest BCUT2D eigenvalue weighted by Crippen LogP contribution is 2.40. The van der Waals surface area contributed by atoms with E-state index in [2.05, 4.69) is 0 Å². The van der Waals surface area contributed by atoms with E-state index in [4.69, 9.17) is 9.47 Å². The number of benzene rings is 1. The first-order chi connectivity index (χ1) is 10.9. The van der Waals surface area contributed by atoms with Gasteiger partial charge in [-0.1, -0.05) is 13.0 Å². The number of aliphatic hydroxyl groups excluding tert-OH is 1. The largest absolute Gasteiger partial charge is 0.504 e. The highest BCUT2D eigenvalue weighted by atomic mass is 16.5. The normalized spacial score (nSPS) is 27.5. The molecule has 3 unspecified atom stereocenters. The second kappa shape index (κ2) is 5.70. The number of aliphatic hydroxyl groups is 1. The minimum atomic E-state index is -1.11. The molecule has 0 radical (unpaired) electrons. The Labute approximate surface area is 133 Å². The Morgan fingerprint density at radius 3 is 2.70 bits per heavy atom. The molecule has 0 saturated carbocycles. The minimum absolute atomic E-state index is 0.0118. The molecular formula is C17H18O6. The molecule has 0 spiro atoms. The summed E-state index contributed by atoms with van der Waals surface area (Å²) in [6.07, 6.45) is -1.63. The summed E-state index contributed by atoms with van der Waals surface area (Å²) in [6.45, 7) is 1.61. The van der Waals surface area contributed by atoms with Gasteiger partial charge >= 0.3 is 0 Å². The SMILES string of the molecule is COc1ccc(C2CC(=O)C3=C(CC(=O)C(C)C3O)O2)cc1O. The van der Waals surface area contributed by atoms with E-state index in [1.807, 2.05) is 0 Å². The van der Waals surface area contributed by atoms with Gasteiger partial charge in [0.15, 0.2) is 17.3 Å². The second-order valence-electron chi connectivity index (χ2n) is 5.88. The van der Waals surface area contributed by atoms with Gasteiger partial charge in [0, 0.05) is 5.92 Å². The summed E-state index contributed by atoms with van der Waals surface area (Å²) in [4.78, 5) is 24.3. The minimum Gasteiger partial charge on any atom is -0.504 e. The first-order valence-electron chi connectivity index (χ1n) is 7.43. The van der Waals surface area contributed by atoms with Crippen LogP contribution in [0.1, 0.15) is 31.4 Å². The molecule has 2 aliphatic rings. The van der Waals surface area contributed by atoms with Crippen molar-refractivity contribution in [2.75, 3.05) is 7.11 Å². The summed E-state index contributed by atoms with van der Waals surface area (Å²) in [5, 5.41) is 20.0. The van der Waals surface area contributed by atoms with Crippen LogP contribution in [0.25, 0.3) is 0 Å². The molecule has 23 heavy (non-hydrogen) atoms. The third kappa shape index (κ3) is 2.59. The lowest BCUT2D eigenvalue weighted by molar-refractivity contribution is -0.130. The van der Waals surface area contributed by atoms with Crippen molar-refractivity contribution < 1.29 is 29.3 Å². The van der Waals surface area contributed by atoms with E-state index in [0.29, 0.717) is 11.3 Å². The smallest absolute Gasteiger partial charge is 0.168 e. The number of phenols is 1. The molecule has 0 saturated heterocycles. The number of hydrogen-bond acceptors (Lipinski definition) is 6. The third-order valence-corrected chi connectivity index (χ3v) is 4.44. The van der Waals surface area contributed by atoms with Crippen LogP contribution < -0.4 is 4.74 Å². The summed E-state index contributed by atoms with van der Waals surface area (Å²) in [6, 6.07) is 4.77. The predicted octanol–water partition coefficient (Wildman–Crippen LogP) is 1.66. The van der Waals surface area contributed by atoms with Crippen molar-refractivity contribution in [3.05, 3.63) is 35.1 Å². The molecule has 3 atom stereocenters. The van der Waals surface area contributed by atoms with Crippen LogP contribution in [0.3, 0.4) is 0 Å². The Morgan fingerprint density at radius 1 is 1.30 bits per heavy atom. The summed E-state index contributed by atoms with van der Waals surface area (Å²) in [7, 11) is 1.45. The number of Topliss-reactive ketones (excluding diaryl/α,β-unsaturated/α-hetero) is 2. The van der Waals surface area contributed by atoms with Crippen LogP contribution in [0.2, 0.25) is 0 Å². The Morgan fingerprint density at radius 2 is 2.04 bits per heavy atom. The number of phenolic OH excluding ortho intramolecular Hbond substituents is 1. The molecule has 1 aromatic rings. The topological polar surface area (TPSA) is 93.1 Å². The van der Waals surface area contributed by atoms with Crippen molar-refractivity contribution in [1.29, 1.82) is 0 Å². The van der Waals surface area contributed by atoms with Gasteiger partial charge in [0.1, 0.15) is 17.6 Å². The van der Waals surface area contributed by atoms with Crippen LogP contribution in [-0.4, -0.2) is 35.0 Å². The van der Waals surface area contributed by atoms with Gasteiger partial charge in [0.05, 0.1) is 31.6 Å². The number of methoxy groups -OCH3 is 1. The molecule has 0 aromatic heterocycles. The molecule has 2 N–H and O–H groups in total. The zero-order valence-electron chi connectivity index (χ0n) is 12.9. The van der Waals surface area contributed by atoms with Crippen LogP contribution >= 0.6 is 0 Å². The van der Waals surface area contributed by atoms with Gasteiger partial charge in [-0.25, -0.2) is 0 Å². The maximum absolute atomic E-state index is 12.4. The van der Waals surface area contributed by atoms with E-state index in [1.54, 1.807) is 19.1 Å². The molecule has 0 bridgehead atoms. The Kier molecular flexibility index (Phi) is 3.85. The predicted molar refractivity (Wildman–Crippen MR) is 79.9 cm³/mol. The maximum atomic E-state index is 12.4. The number of carbonyl (C=O) groups excluding carboxylic acids is 2. The molecule has 1 aliphatic heterocycles. The van der Waals surface area contributed by atoms with Crippen LogP contribution in [-0.2, 0) is 14.3 Å². The highest BCUT2D eigenvalue weighted by Gasteiger charge is 2.42. The number of allylic oxidation sites excluding steroid dienone is 1. The fraction of sp³-hybridized carbons (Fsp3) is 0.412. The second-order valence-corrected chi connectivity index (χ2v) is 5.88. The van der Waals surface area contributed by atoms with Crippen molar-refractivity contribution in [1.82, 2.24) is 0 Å². The van der Waals surface area contributed by atoms with E-state index in [0.717, 1.165) is 0 Å². The van der Waals surface area contributed by atoms with Crippen LogP contribution in [0.5, 0.6) is 11.5 Å². The quantitative estimate of drug-likeness (QED) is 0.861. The number of carbonyl (C=O) groups is 2. The Balaban J connectivity index is 1.92. The van der Waals surface area contributed by atoms with E-state index in [1.165, 1.54) is 13.2 Å². The molecular weight excluding hydrogens is 300 g/mol. The van der Waals surface area contributed by atoms with Crippen LogP contribution in [0, 0.1) is 5.92 Å². The fourth-order valence-electron chi connectivity index (χ4n) is 3.02. The highest BCUT2D eigenvalue weighted by molar-refractivity contribution is 6.01. The van der Waals surface area contributed by atoms with Crippen molar-refractivity contribution in [3.8, 4) is 11.5 Å². The maximum Gasteiger partial charge on any atom is 0.168 e. The Hall–Kier alpha value is -2.34. The standard InChI is InChI=1S/C17H18O6/c1-8-10(18)6-15-16(17(8)21)12(20)7-14(23-15)9-3-4-13(22-2)11(19)5-9/h3-5,8,14,17,19,21H,6-7H2,1-2H3. The number of rotatable bonds is 2. The van der Waals surface area contributed by atoms with E-state index in [9.17, 15) is 19.8 Å². The van der Waals surface area contributed by atoms with Crippen molar-refractivity contribution in [3.63, 3.8) is 0 Å². The lowest BCUT2D eigenvalue weighted by Crippen LogP contribution is -2.39. The summed E-state index contributed by atoms with van der Waals surface area (Å²) in [5.74, 6) is -0.442. The number of ketones is 2. The summed E-state index contributed by atoms with van der Waals surface area (Å²) >= 11 is 0. The Bertz CT molecular complexity index is 705. The molecule has 0 amide bonds. The van der Waals surface area contributed by atoms with Gasteiger partial charge in [-0.2, -0.15) is 0 Å². The van der Waals surface area contributed by atoms with Crippen molar-refractivity contribution in [2.45, 2.75) is 32.0 Å². The van der Waals surface area contributed by atoms with Gasteiger partial charge in [-0.05, 0) is 17.7 Å². The summed E-state index contributed by atoms with van der Waals surface area (Å²) < 4.78 is 10.8. The number of aromatic hydroxyl groups is 1. The van der Waals surface area contributed by atoms with Crippen molar-refractivity contribution >= 4 is 11.6 Å². The lowest BCUT2D eigenvalue weighted by Gasteiger charge is -2.34. The van der Waals surface area contributed by atoms with Crippen LogP contribution in [0.4, 0.5) is 0 Å². The average Bonchev–Trinajstić information content (AvgIpc) is 2.52. The van der Waals surface area contributed by atoms with E-state index in [-0.39, 0.29) is 41.5 Å². The molecule has 1 aromatic carbocycles. The summed E-state index contributed by atoms with van der Waals surface area (Å²) in [5.41, 5.74) is 0.829. The zero-order chi connectivity index (χ0) is 16.7. The fourth-order valence-corrected chi connectivity index (χ4v) is 3.02. The van der Waals surface area contributed by atoms with Gasteiger partial charge in [0.25, 0.3) is 0 Å². The van der Waals surface area contributed by atoms with Crippen LogP contribution in [0.15, 0.2) is 29.5 Å².